The van der Waals surface area contributed by atoms with Gasteiger partial charge >= 0.3 is 0 Å². The molecule has 4 aliphatic carbocycles. The lowest BCUT2D eigenvalue weighted by molar-refractivity contribution is -0.135. The number of benzene rings is 1. The maximum Gasteiger partial charge on any atom is 0.264 e. The van der Waals surface area contributed by atoms with Gasteiger partial charge in [0.05, 0.1) is 10.9 Å². The number of hydrogen-bond donors (Lipinski definition) is 3. The van der Waals surface area contributed by atoms with Crippen molar-refractivity contribution in [3.8, 4) is 0 Å². The van der Waals surface area contributed by atoms with Crippen LogP contribution >= 0.6 is 0 Å². The molecule has 0 radical (unpaired) electrons. The number of anilines is 1. The van der Waals surface area contributed by atoms with Crippen molar-refractivity contribution in [1.29, 1.82) is 0 Å². The molecule has 1 aromatic carbocycles. The van der Waals surface area contributed by atoms with Gasteiger partial charge in [-0.15, -0.1) is 0 Å². The lowest BCUT2D eigenvalue weighted by Crippen LogP contribution is -2.46. The molecular formula is C29H39N5O3. The van der Waals surface area contributed by atoms with E-state index in [-0.39, 0.29) is 17.9 Å². The Labute approximate surface area is 218 Å². The molecule has 198 valence electrons. The molecule has 1 aromatic heterocycles. The molecule has 37 heavy (non-hydrogen) atoms. The molecule has 2 amide bonds. The Bertz CT molecular complexity index is 1260. The predicted molar refractivity (Wildman–Crippen MR) is 143 cm³/mol. The lowest BCUT2D eigenvalue weighted by atomic mass is 9.80. The van der Waals surface area contributed by atoms with Crippen LogP contribution in [0.2, 0.25) is 0 Å². The molecule has 5 atom stereocenters. The predicted octanol–water partition coefficient (Wildman–Crippen LogP) is 3.82. The fraction of sp³-hybridized carbons (Fsp3) is 0.655. The fourth-order valence-electron chi connectivity index (χ4n) is 8.05. The average molecular weight is 506 g/mol. The van der Waals surface area contributed by atoms with E-state index in [0.29, 0.717) is 28.7 Å². The summed E-state index contributed by atoms with van der Waals surface area (Å²) in [6, 6.07) is 4.93. The summed E-state index contributed by atoms with van der Waals surface area (Å²) in [5, 5.41) is 10.3. The summed E-state index contributed by atoms with van der Waals surface area (Å²) in [6.45, 7) is 3.66. The average Bonchev–Trinajstić information content (AvgIpc) is 3.24. The van der Waals surface area contributed by atoms with Crippen molar-refractivity contribution in [3.63, 3.8) is 0 Å². The van der Waals surface area contributed by atoms with E-state index in [2.05, 4.69) is 20.9 Å². The Balaban J connectivity index is 1.02. The Hall–Kier alpha value is -2.74. The topological polar surface area (TPSA) is 105 Å². The number of piperidine rings is 1. The number of aryl methyl sites for hydroxylation is 1. The quantitative estimate of drug-likeness (QED) is 0.335. The molecular weight excluding hydrogens is 466 g/mol. The van der Waals surface area contributed by atoms with E-state index in [9.17, 15) is 14.4 Å². The molecule has 5 fully saturated rings. The van der Waals surface area contributed by atoms with Gasteiger partial charge in [0.1, 0.15) is 11.9 Å². The molecule has 0 spiro atoms. The summed E-state index contributed by atoms with van der Waals surface area (Å²) < 4.78 is 1.45. The SMILES string of the molecule is Cc1nc2cccc(NCCCCCCNC34C[C@@H]5CC3C[C@@H](C5)C4)c2c(=O)n1C1CCC(=O)NC1=O. The minimum atomic E-state index is -0.710. The molecule has 4 bridgehead atoms. The number of aromatic nitrogens is 2. The van der Waals surface area contributed by atoms with Gasteiger partial charge in [0.25, 0.3) is 5.56 Å². The standard InChI is InChI=1S/C29H39N5O3/c1-18-32-23-8-6-7-22(26(23)28(37)34(18)24-9-10-25(35)33-27(24)36)30-11-4-2-3-5-12-31-29-16-19-13-20(17-29)15-21(29)14-19/h6-8,19-21,24,30-31H,2-5,9-17H2,1H3,(H,33,35,36)/t19-,20+,21?,24?,29?. The highest BCUT2D eigenvalue weighted by molar-refractivity contribution is 5.99. The minimum Gasteiger partial charge on any atom is -0.384 e. The maximum absolute atomic E-state index is 13.5. The number of fused-ring (bicyclic) bond motifs is 1. The third kappa shape index (κ3) is 4.58. The van der Waals surface area contributed by atoms with Gasteiger partial charge in [0.2, 0.25) is 11.8 Å². The summed E-state index contributed by atoms with van der Waals surface area (Å²) in [7, 11) is 0. The zero-order chi connectivity index (χ0) is 25.6. The van der Waals surface area contributed by atoms with Crippen LogP contribution in [0.15, 0.2) is 23.0 Å². The number of carbonyl (C=O) groups is 2. The molecule has 8 nitrogen and oxygen atoms in total. The number of carbonyl (C=O) groups excluding carboxylic acids is 2. The number of amides is 2. The second-order valence-electron chi connectivity index (χ2n) is 12.0. The second-order valence-corrected chi connectivity index (χ2v) is 12.0. The van der Waals surface area contributed by atoms with Gasteiger partial charge in [0.15, 0.2) is 0 Å². The summed E-state index contributed by atoms with van der Waals surface area (Å²) in [4.78, 5) is 42.2. The Morgan fingerprint density at radius 3 is 2.54 bits per heavy atom. The van der Waals surface area contributed by atoms with Crippen LogP contribution in [0.25, 0.3) is 10.9 Å². The van der Waals surface area contributed by atoms with Gasteiger partial charge in [-0.3, -0.25) is 24.3 Å². The van der Waals surface area contributed by atoms with Crippen molar-refractivity contribution in [2.24, 2.45) is 17.8 Å². The van der Waals surface area contributed by atoms with Gasteiger partial charge in [-0.05, 0) is 94.7 Å². The number of hydrogen-bond acceptors (Lipinski definition) is 6. The zero-order valence-electron chi connectivity index (χ0n) is 21.9. The Kier molecular flexibility index (Phi) is 6.55. The first-order valence-electron chi connectivity index (χ1n) is 14.3. The number of rotatable bonds is 10. The van der Waals surface area contributed by atoms with Crippen molar-refractivity contribution in [2.75, 3.05) is 18.4 Å². The third-order valence-electron chi connectivity index (χ3n) is 9.51. The maximum atomic E-state index is 13.5. The van der Waals surface area contributed by atoms with Gasteiger partial charge < -0.3 is 10.6 Å². The molecule has 1 aliphatic heterocycles. The van der Waals surface area contributed by atoms with Crippen molar-refractivity contribution >= 4 is 28.4 Å². The largest absolute Gasteiger partial charge is 0.384 e. The molecule has 3 N–H and O–H groups in total. The first-order chi connectivity index (χ1) is 17.9. The highest BCUT2D eigenvalue weighted by Crippen LogP contribution is 2.60. The highest BCUT2D eigenvalue weighted by atomic mass is 16.2. The van der Waals surface area contributed by atoms with Crippen molar-refractivity contribution in [1.82, 2.24) is 20.2 Å². The number of unbranched alkanes of at least 4 members (excludes halogenated alkanes) is 3. The van der Waals surface area contributed by atoms with Crippen molar-refractivity contribution in [2.45, 2.75) is 89.1 Å². The lowest BCUT2D eigenvalue weighted by Gasteiger charge is -2.34. The Morgan fingerprint density at radius 2 is 1.78 bits per heavy atom. The van der Waals surface area contributed by atoms with Crippen LogP contribution in [-0.4, -0.2) is 40.0 Å². The van der Waals surface area contributed by atoms with Crippen LogP contribution < -0.4 is 21.5 Å². The smallest absolute Gasteiger partial charge is 0.264 e. The van der Waals surface area contributed by atoms with Gasteiger partial charge in [-0.1, -0.05) is 18.9 Å². The molecule has 2 heterocycles. The highest BCUT2D eigenvalue weighted by Gasteiger charge is 2.57. The second kappa shape index (κ2) is 9.86. The normalized spacial score (nSPS) is 30.3. The zero-order valence-corrected chi connectivity index (χ0v) is 21.9. The van der Waals surface area contributed by atoms with E-state index in [1.165, 1.54) is 49.5 Å². The van der Waals surface area contributed by atoms with Crippen LogP contribution in [0.4, 0.5) is 5.69 Å². The van der Waals surface area contributed by atoms with Crippen LogP contribution in [-0.2, 0) is 9.59 Å². The van der Waals surface area contributed by atoms with Crippen LogP contribution in [0.1, 0.15) is 82.5 Å². The number of nitrogens with zero attached hydrogens (tertiary/aromatic N) is 2. The molecule has 1 saturated heterocycles. The monoisotopic (exact) mass is 505 g/mol. The van der Waals surface area contributed by atoms with Gasteiger partial charge in [0, 0.05) is 24.2 Å². The Morgan fingerprint density at radius 1 is 1.03 bits per heavy atom. The molecule has 5 aliphatic rings. The van der Waals surface area contributed by atoms with Crippen LogP contribution in [0, 0.1) is 24.7 Å². The van der Waals surface area contributed by atoms with E-state index < -0.39 is 11.9 Å². The number of nitrogens with one attached hydrogen (secondary N) is 3. The van der Waals surface area contributed by atoms with Gasteiger partial charge in [-0.25, -0.2) is 4.98 Å². The minimum absolute atomic E-state index is 0.221. The van der Waals surface area contributed by atoms with E-state index >= 15 is 0 Å². The molecule has 3 unspecified atom stereocenters. The van der Waals surface area contributed by atoms with E-state index in [1.54, 1.807) is 6.92 Å². The van der Waals surface area contributed by atoms with Crippen LogP contribution in [0.5, 0.6) is 0 Å². The van der Waals surface area contributed by atoms with Gasteiger partial charge in [-0.2, -0.15) is 0 Å². The van der Waals surface area contributed by atoms with E-state index in [0.717, 1.165) is 49.4 Å². The van der Waals surface area contributed by atoms with E-state index in [1.807, 2.05) is 18.2 Å². The summed E-state index contributed by atoms with van der Waals surface area (Å²) in [5.74, 6) is 2.69. The summed E-state index contributed by atoms with van der Waals surface area (Å²) >= 11 is 0. The first kappa shape index (κ1) is 24.6. The molecule has 8 heteroatoms. The van der Waals surface area contributed by atoms with Crippen LogP contribution in [0.3, 0.4) is 0 Å². The first-order valence-corrected chi connectivity index (χ1v) is 14.3. The van der Waals surface area contributed by atoms with E-state index in [4.69, 9.17) is 0 Å². The summed E-state index contributed by atoms with van der Waals surface area (Å²) in [5.41, 5.74) is 1.62. The molecule has 4 saturated carbocycles. The van der Waals surface area contributed by atoms with Crippen molar-refractivity contribution in [3.05, 3.63) is 34.4 Å². The molecule has 7 rings (SSSR count). The van der Waals surface area contributed by atoms with Crippen molar-refractivity contribution < 1.29 is 9.59 Å². The fourth-order valence-corrected chi connectivity index (χ4v) is 8.05. The third-order valence-corrected chi connectivity index (χ3v) is 9.51. The number of imide groups is 1. The summed E-state index contributed by atoms with van der Waals surface area (Å²) in [6.07, 6.45) is 12.4. The molecule has 2 aromatic rings.